The molecule has 3 aromatic heterocycles. The second kappa shape index (κ2) is 9.54. The minimum atomic E-state index is -0.237. The van der Waals surface area contributed by atoms with Gasteiger partial charge in [-0.2, -0.15) is 0 Å². The van der Waals surface area contributed by atoms with Crippen molar-refractivity contribution in [3.63, 3.8) is 0 Å². The summed E-state index contributed by atoms with van der Waals surface area (Å²) in [4.78, 5) is 11.7. The monoisotopic (exact) mass is 561 g/mol. The van der Waals surface area contributed by atoms with Crippen molar-refractivity contribution in [1.82, 2.24) is 9.97 Å². The van der Waals surface area contributed by atoms with Crippen LogP contribution in [0.3, 0.4) is 0 Å². The fourth-order valence-electron chi connectivity index (χ4n) is 6.27. The van der Waals surface area contributed by atoms with E-state index in [0.717, 1.165) is 39.9 Å². The molecular weight excluding hydrogens is 534 g/mol. The van der Waals surface area contributed by atoms with Crippen LogP contribution in [0.1, 0.15) is 25.0 Å². The van der Waals surface area contributed by atoms with Crippen molar-refractivity contribution in [1.29, 1.82) is 0 Å². The van der Waals surface area contributed by atoms with Gasteiger partial charge in [-0.3, -0.25) is 9.88 Å². The van der Waals surface area contributed by atoms with Gasteiger partial charge in [-0.05, 0) is 66.2 Å². The average Bonchev–Trinajstić information content (AvgIpc) is 3.41. The number of pyridine rings is 2. The molecule has 0 saturated carbocycles. The highest BCUT2D eigenvalue weighted by molar-refractivity contribution is 7.25. The number of nitrogens with zero attached hydrogens (tertiary/aromatic N) is 3. The van der Waals surface area contributed by atoms with Gasteiger partial charge >= 0.3 is 0 Å². The topological polar surface area (TPSA) is 38.2 Å². The summed E-state index contributed by atoms with van der Waals surface area (Å²) in [5.41, 5.74) is 6.38. The zero-order valence-corrected chi connectivity index (χ0v) is 24.1. The van der Waals surface area contributed by atoms with Gasteiger partial charge in [0.15, 0.2) is 0 Å². The van der Waals surface area contributed by atoms with Crippen molar-refractivity contribution in [3.8, 4) is 22.8 Å². The van der Waals surface area contributed by atoms with Gasteiger partial charge in [0.05, 0.1) is 17.1 Å². The second-order valence-electron chi connectivity index (χ2n) is 11.1. The summed E-state index contributed by atoms with van der Waals surface area (Å²) in [5, 5.41) is 2.64. The Morgan fingerprint density at radius 2 is 1.50 bits per heavy atom. The molecule has 5 heteroatoms. The fraction of sp³-hybridized carbons (Fsp3) is 0.0811. The quantitative estimate of drug-likeness (QED) is 0.214. The van der Waals surface area contributed by atoms with Crippen LogP contribution in [0, 0.1) is 0 Å². The molecule has 0 bridgehead atoms. The summed E-state index contributed by atoms with van der Waals surface area (Å²) in [7, 11) is 0. The zero-order valence-electron chi connectivity index (χ0n) is 23.3. The average molecular weight is 562 g/mol. The van der Waals surface area contributed by atoms with Gasteiger partial charge < -0.3 is 4.74 Å². The van der Waals surface area contributed by atoms with E-state index < -0.39 is 0 Å². The van der Waals surface area contributed by atoms with E-state index in [1.165, 1.54) is 31.3 Å². The third kappa shape index (κ3) is 3.89. The van der Waals surface area contributed by atoms with Gasteiger partial charge in [0.25, 0.3) is 0 Å². The van der Waals surface area contributed by atoms with E-state index in [2.05, 4.69) is 84.4 Å². The molecule has 1 aliphatic rings. The molecule has 202 valence electrons. The first-order chi connectivity index (χ1) is 20.6. The van der Waals surface area contributed by atoms with Gasteiger partial charge in [0.1, 0.15) is 17.3 Å². The van der Waals surface area contributed by atoms with Crippen LogP contribution in [0.5, 0.6) is 11.5 Å². The highest BCUT2D eigenvalue weighted by Gasteiger charge is 2.39. The molecule has 0 unspecified atom stereocenters. The zero-order chi connectivity index (χ0) is 28.3. The first-order valence-corrected chi connectivity index (χ1v) is 14.9. The highest BCUT2D eigenvalue weighted by atomic mass is 32.1. The normalized spacial score (nSPS) is 13.6. The summed E-state index contributed by atoms with van der Waals surface area (Å²) in [6.07, 6.45) is 3.69. The largest absolute Gasteiger partial charge is 0.457 e. The van der Waals surface area contributed by atoms with Crippen LogP contribution in [0.15, 0.2) is 128 Å². The fourth-order valence-corrected chi connectivity index (χ4v) is 7.39. The molecule has 7 aromatic rings. The lowest BCUT2D eigenvalue weighted by atomic mass is 9.73. The summed E-state index contributed by atoms with van der Waals surface area (Å²) in [5.74, 6) is 2.47. The van der Waals surface area contributed by atoms with E-state index in [1.54, 1.807) is 0 Å². The Labute approximate surface area is 248 Å². The van der Waals surface area contributed by atoms with Crippen molar-refractivity contribution in [2.24, 2.45) is 0 Å². The number of rotatable bonds is 4. The molecule has 4 heterocycles. The van der Waals surface area contributed by atoms with Crippen molar-refractivity contribution in [2.75, 3.05) is 4.90 Å². The number of fused-ring (bicyclic) bond motifs is 6. The summed E-state index contributed by atoms with van der Waals surface area (Å²) >= 11 is 1.86. The Hall–Kier alpha value is -5.00. The van der Waals surface area contributed by atoms with E-state index in [4.69, 9.17) is 9.72 Å². The number of benzene rings is 4. The van der Waals surface area contributed by atoms with E-state index in [1.807, 2.05) is 78.3 Å². The van der Waals surface area contributed by atoms with Crippen LogP contribution in [-0.2, 0) is 5.41 Å². The molecule has 0 amide bonds. The van der Waals surface area contributed by atoms with Gasteiger partial charge in [0, 0.05) is 55.2 Å². The van der Waals surface area contributed by atoms with Crippen molar-refractivity contribution in [3.05, 3.63) is 139 Å². The minimum absolute atomic E-state index is 0.237. The lowest BCUT2D eigenvalue weighted by molar-refractivity contribution is 0.483. The standard InChI is InChI=1S/C37H27N3OS/c1-37(2)29-15-9-21-39-36(29)40(31-18-19-33-34(35(31)37)28-14-3-4-17-32(28)42-33)25-11-8-13-27(23-25)41-26-12-7-10-24(22-26)30-16-5-6-20-38-30/h3-23H,1-2H3. The Balaban J connectivity index is 1.27. The molecular formula is C37H27N3OS. The third-order valence-corrected chi connectivity index (χ3v) is 9.30. The van der Waals surface area contributed by atoms with Gasteiger partial charge in [0.2, 0.25) is 0 Å². The number of ether oxygens (including phenoxy) is 1. The molecule has 0 fully saturated rings. The first kappa shape index (κ1) is 24.8. The van der Waals surface area contributed by atoms with Crippen LogP contribution in [0.4, 0.5) is 17.2 Å². The lowest BCUT2D eigenvalue weighted by Crippen LogP contribution is -2.31. The molecule has 4 aromatic carbocycles. The SMILES string of the molecule is CC1(C)c2cccnc2N(c2cccc(Oc3cccc(-c4ccccn4)c3)c2)c2ccc3sc4ccccc4c3c21. The first-order valence-electron chi connectivity index (χ1n) is 14.1. The predicted molar refractivity (Wildman–Crippen MR) is 174 cm³/mol. The third-order valence-electron chi connectivity index (χ3n) is 8.17. The Bertz CT molecular complexity index is 2120. The molecule has 0 atom stereocenters. The van der Waals surface area contributed by atoms with Crippen LogP contribution in [0.25, 0.3) is 31.4 Å². The maximum atomic E-state index is 6.43. The van der Waals surface area contributed by atoms with Crippen molar-refractivity contribution >= 4 is 48.7 Å². The van der Waals surface area contributed by atoms with Gasteiger partial charge in [-0.1, -0.05) is 62.4 Å². The highest BCUT2D eigenvalue weighted by Crippen LogP contribution is 2.55. The summed E-state index contributed by atoms with van der Waals surface area (Å²) in [6, 6.07) is 39.8. The summed E-state index contributed by atoms with van der Waals surface area (Å²) < 4.78 is 9.05. The Morgan fingerprint density at radius 1 is 0.690 bits per heavy atom. The number of aromatic nitrogens is 2. The van der Waals surface area contributed by atoms with Crippen LogP contribution < -0.4 is 9.64 Å². The van der Waals surface area contributed by atoms with Gasteiger partial charge in [-0.25, -0.2) is 4.98 Å². The Kier molecular flexibility index (Phi) is 5.62. The van der Waals surface area contributed by atoms with Crippen LogP contribution in [0.2, 0.25) is 0 Å². The van der Waals surface area contributed by atoms with Crippen molar-refractivity contribution < 1.29 is 4.74 Å². The molecule has 1 aliphatic heterocycles. The second-order valence-corrected chi connectivity index (χ2v) is 12.2. The van der Waals surface area contributed by atoms with E-state index in [9.17, 15) is 0 Å². The number of anilines is 3. The molecule has 0 saturated heterocycles. The number of hydrogen-bond donors (Lipinski definition) is 0. The van der Waals surface area contributed by atoms with E-state index in [-0.39, 0.29) is 5.41 Å². The van der Waals surface area contributed by atoms with Crippen molar-refractivity contribution in [2.45, 2.75) is 19.3 Å². The van der Waals surface area contributed by atoms with Crippen LogP contribution >= 0.6 is 11.3 Å². The predicted octanol–water partition coefficient (Wildman–Crippen LogP) is 10.4. The molecule has 42 heavy (non-hydrogen) atoms. The molecule has 8 rings (SSSR count). The minimum Gasteiger partial charge on any atom is -0.457 e. The molecule has 4 nitrogen and oxygen atoms in total. The number of hydrogen-bond acceptors (Lipinski definition) is 5. The molecule has 0 N–H and O–H groups in total. The van der Waals surface area contributed by atoms with E-state index in [0.29, 0.717) is 0 Å². The smallest absolute Gasteiger partial charge is 0.141 e. The lowest BCUT2D eigenvalue weighted by Gasteiger charge is -2.41. The van der Waals surface area contributed by atoms with E-state index >= 15 is 0 Å². The summed E-state index contributed by atoms with van der Waals surface area (Å²) in [6.45, 7) is 4.65. The Morgan fingerprint density at radius 3 is 2.38 bits per heavy atom. The molecule has 0 aliphatic carbocycles. The van der Waals surface area contributed by atoms with Gasteiger partial charge in [-0.15, -0.1) is 11.3 Å². The molecule has 0 spiro atoms. The molecule has 0 radical (unpaired) electrons. The van der Waals surface area contributed by atoms with Crippen LogP contribution in [-0.4, -0.2) is 9.97 Å². The maximum Gasteiger partial charge on any atom is 0.141 e. The number of thiophene rings is 1. The maximum absolute atomic E-state index is 6.43.